The van der Waals surface area contributed by atoms with Crippen molar-refractivity contribution >= 4 is 17.6 Å². The molecule has 0 spiro atoms. The predicted molar refractivity (Wildman–Crippen MR) is 34.4 cm³/mol. The van der Waals surface area contributed by atoms with Gasteiger partial charge in [-0.3, -0.25) is 4.79 Å². The minimum atomic E-state index is -0.428. The summed E-state index contributed by atoms with van der Waals surface area (Å²) in [5.74, 6) is -0.291. The van der Waals surface area contributed by atoms with Crippen LogP contribution < -0.4 is 0 Å². The Bertz CT molecular complexity index is 146. The van der Waals surface area contributed by atoms with E-state index in [2.05, 4.69) is 0 Å². The van der Waals surface area contributed by atoms with Crippen LogP contribution in [-0.4, -0.2) is 16.9 Å². The molecule has 0 aliphatic carbocycles. The van der Waals surface area contributed by atoms with Crippen molar-refractivity contribution in [3.63, 3.8) is 0 Å². The van der Waals surface area contributed by atoms with Crippen LogP contribution in [-0.2, 0) is 9.53 Å². The number of hydrogen-bond acceptors (Lipinski definition) is 2. The number of cyclic esters (lactones) is 1. The quantitative estimate of drug-likeness (QED) is 0.414. The number of alkyl halides is 1. The van der Waals surface area contributed by atoms with Crippen molar-refractivity contribution in [3.05, 3.63) is 0 Å². The molecule has 1 fully saturated rings. The van der Waals surface area contributed by atoms with Gasteiger partial charge in [-0.15, -0.1) is 11.6 Å². The maximum absolute atomic E-state index is 10.5. The number of carbonyl (C=O) groups excluding carboxylic acids is 1. The molecule has 1 rings (SSSR count). The molecule has 0 aromatic carbocycles. The highest BCUT2D eigenvalue weighted by Crippen LogP contribution is 2.34. The van der Waals surface area contributed by atoms with Crippen LogP contribution in [0.3, 0.4) is 0 Å². The summed E-state index contributed by atoms with van der Waals surface area (Å²) < 4.78 is 4.82. The summed E-state index contributed by atoms with van der Waals surface area (Å²) in [6.07, 6.45) is 0.785. The maximum atomic E-state index is 10.5. The van der Waals surface area contributed by atoms with Crippen LogP contribution in [0.15, 0.2) is 0 Å². The van der Waals surface area contributed by atoms with Crippen LogP contribution in [0, 0.1) is 0 Å². The van der Waals surface area contributed by atoms with Gasteiger partial charge in [0.15, 0.2) is 5.38 Å². The Labute approximate surface area is 59.1 Å². The highest BCUT2D eigenvalue weighted by molar-refractivity contribution is 6.32. The molecule has 0 amide bonds. The highest BCUT2D eigenvalue weighted by Gasteiger charge is 2.50. The molecule has 0 N–H and O–H groups in total. The van der Waals surface area contributed by atoms with Crippen LogP contribution in [0.5, 0.6) is 0 Å². The van der Waals surface area contributed by atoms with Gasteiger partial charge in [-0.1, -0.05) is 6.92 Å². The molecule has 3 heteroatoms. The average Bonchev–Trinajstić information content (AvgIpc) is 1.87. The molecule has 0 aromatic heterocycles. The summed E-state index contributed by atoms with van der Waals surface area (Å²) in [6.45, 7) is 3.79. The molecule has 1 aliphatic rings. The number of carbonyl (C=O) groups is 1. The third-order valence-electron chi connectivity index (χ3n) is 1.78. The largest absolute Gasteiger partial charge is 0.456 e. The topological polar surface area (TPSA) is 26.3 Å². The van der Waals surface area contributed by atoms with Crippen molar-refractivity contribution in [1.82, 2.24) is 0 Å². The van der Waals surface area contributed by atoms with Gasteiger partial charge in [0.2, 0.25) is 0 Å². The smallest absolute Gasteiger partial charge is 0.328 e. The van der Waals surface area contributed by atoms with E-state index in [1.807, 2.05) is 13.8 Å². The summed E-state index contributed by atoms with van der Waals surface area (Å²) in [6, 6.07) is 0. The Morgan fingerprint density at radius 2 is 2.44 bits per heavy atom. The van der Waals surface area contributed by atoms with Gasteiger partial charge in [-0.05, 0) is 13.3 Å². The van der Waals surface area contributed by atoms with Crippen molar-refractivity contribution in [2.75, 3.05) is 0 Å². The number of esters is 1. The van der Waals surface area contributed by atoms with Gasteiger partial charge in [0.05, 0.1) is 0 Å². The summed E-state index contributed by atoms with van der Waals surface area (Å²) in [5, 5.41) is -0.428. The lowest BCUT2D eigenvalue weighted by atomic mass is 9.93. The third kappa shape index (κ3) is 0.816. The van der Waals surface area contributed by atoms with E-state index >= 15 is 0 Å². The van der Waals surface area contributed by atoms with E-state index in [0.717, 1.165) is 6.42 Å². The molecule has 0 saturated carbocycles. The Morgan fingerprint density at radius 3 is 2.56 bits per heavy atom. The van der Waals surface area contributed by atoms with E-state index in [-0.39, 0.29) is 5.97 Å². The molecule has 9 heavy (non-hydrogen) atoms. The molecule has 0 aromatic rings. The Kier molecular flexibility index (Phi) is 1.43. The SMILES string of the molecule is CCC1(C)OC(=O)C1Cl. The zero-order chi connectivity index (χ0) is 7.07. The minimum Gasteiger partial charge on any atom is -0.456 e. The molecule has 0 radical (unpaired) electrons. The molecular weight excluding hydrogens is 140 g/mol. The van der Waals surface area contributed by atoms with E-state index in [1.165, 1.54) is 0 Å². The first-order chi connectivity index (χ1) is 4.10. The zero-order valence-electron chi connectivity index (χ0n) is 5.48. The van der Waals surface area contributed by atoms with Gasteiger partial charge in [-0.2, -0.15) is 0 Å². The fourth-order valence-corrected chi connectivity index (χ4v) is 1.02. The van der Waals surface area contributed by atoms with Crippen LogP contribution in [0.4, 0.5) is 0 Å². The Hall–Kier alpha value is -0.240. The Balaban J connectivity index is 2.58. The first-order valence-corrected chi connectivity index (χ1v) is 3.41. The van der Waals surface area contributed by atoms with Gasteiger partial charge in [-0.25, -0.2) is 0 Å². The second kappa shape index (κ2) is 1.87. The molecule has 1 aliphatic heterocycles. The van der Waals surface area contributed by atoms with E-state index < -0.39 is 11.0 Å². The van der Waals surface area contributed by atoms with Crippen LogP contribution >= 0.6 is 11.6 Å². The van der Waals surface area contributed by atoms with Gasteiger partial charge in [0, 0.05) is 0 Å². The molecule has 0 bridgehead atoms. The fraction of sp³-hybridized carbons (Fsp3) is 0.833. The van der Waals surface area contributed by atoms with Crippen LogP contribution in [0.1, 0.15) is 20.3 Å². The van der Waals surface area contributed by atoms with Crippen LogP contribution in [0.2, 0.25) is 0 Å². The van der Waals surface area contributed by atoms with Crippen molar-refractivity contribution < 1.29 is 9.53 Å². The summed E-state index contributed by atoms with van der Waals surface area (Å²) in [5.41, 5.74) is -0.390. The monoisotopic (exact) mass is 148 g/mol. The van der Waals surface area contributed by atoms with E-state index in [1.54, 1.807) is 0 Å². The number of hydrogen-bond donors (Lipinski definition) is 0. The Morgan fingerprint density at radius 1 is 1.89 bits per heavy atom. The molecule has 2 atom stereocenters. The normalized spacial score (nSPS) is 41.7. The minimum absolute atomic E-state index is 0.291. The van der Waals surface area contributed by atoms with Gasteiger partial charge < -0.3 is 4.74 Å². The molecule has 1 saturated heterocycles. The number of halogens is 1. The van der Waals surface area contributed by atoms with E-state index in [0.29, 0.717) is 0 Å². The number of rotatable bonds is 1. The molecule has 2 unspecified atom stereocenters. The lowest BCUT2D eigenvalue weighted by Gasteiger charge is -2.40. The molecule has 52 valence electrons. The first-order valence-electron chi connectivity index (χ1n) is 2.97. The summed E-state index contributed by atoms with van der Waals surface area (Å²) in [7, 11) is 0. The molecule has 1 heterocycles. The predicted octanol–water partition coefficient (Wildman–Crippen LogP) is 1.32. The van der Waals surface area contributed by atoms with Crippen molar-refractivity contribution in [2.24, 2.45) is 0 Å². The van der Waals surface area contributed by atoms with Crippen molar-refractivity contribution in [1.29, 1.82) is 0 Å². The van der Waals surface area contributed by atoms with Gasteiger partial charge >= 0.3 is 5.97 Å². The molecule has 2 nitrogen and oxygen atoms in total. The lowest BCUT2D eigenvalue weighted by Crippen LogP contribution is -2.56. The summed E-state index contributed by atoms with van der Waals surface area (Å²) >= 11 is 5.63. The highest BCUT2D eigenvalue weighted by atomic mass is 35.5. The van der Waals surface area contributed by atoms with E-state index in [9.17, 15) is 4.79 Å². The molecular formula is C6H9ClO2. The maximum Gasteiger partial charge on any atom is 0.328 e. The van der Waals surface area contributed by atoms with Crippen LogP contribution in [0.25, 0.3) is 0 Å². The second-order valence-electron chi connectivity index (χ2n) is 2.45. The van der Waals surface area contributed by atoms with Gasteiger partial charge in [0.25, 0.3) is 0 Å². The van der Waals surface area contributed by atoms with Gasteiger partial charge in [0.1, 0.15) is 5.60 Å². The van der Waals surface area contributed by atoms with Crippen molar-refractivity contribution in [3.8, 4) is 0 Å². The zero-order valence-corrected chi connectivity index (χ0v) is 6.23. The fourth-order valence-electron chi connectivity index (χ4n) is 0.776. The average molecular weight is 149 g/mol. The third-order valence-corrected chi connectivity index (χ3v) is 2.42. The second-order valence-corrected chi connectivity index (χ2v) is 2.89. The standard InChI is InChI=1S/C6H9ClO2/c1-3-6(2)4(7)5(8)9-6/h4H,3H2,1-2H3. The lowest BCUT2D eigenvalue weighted by molar-refractivity contribution is -0.186. The first kappa shape index (κ1) is 6.87. The van der Waals surface area contributed by atoms with E-state index in [4.69, 9.17) is 16.3 Å². The number of ether oxygens (including phenoxy) is 1. The summed E-state index contributed by atoms with van der Waals surface area (Å²) in [4.78, 5) is 10.5. The van der Waals surface area contributed by atoms with Crippen molar-refractivity contribution in [2.45, 2.75) is 31.2 Å².